The summed E-state index contributed by atoms with van der Waals surface area (Å²) in [6.45, 7) is 1.42. The lowest BCUT2D eigenvalue weighted by molar-refractivity contribution is -0.139. The summed E-state index contributed by atoms with van der Waals surface area (Å²) in [5.74, 6) is 0.570. The zero-order valence-corrected chi connectivity index (χ0v) is 16.4. The van der Waals surface area contributed by atoms with Crippen LogP contribution in [0.3, 0.4) is 0 Å². The minimum Gasteiger partial charge on any atom is -0.493 e. The molecule has 0 amide bonds. The van der Waals surface area contributed by atoms with Crippen LogP contribution in [0.5, 0.6) is 5.75 Å². The van der Waals surface area contributed by atoms with Gasteiger partial charge in [-0.3, -0.25) is 4.79 Å². The Morgan fingerprint density at radius 3 is 2.59 bits per heavy atom. The van der Waals surface area contributed by atoms with Gasteiger partial charge in [-0.05, 0) is 29.3 Å². The molecule has 0 aliphatic rings. The second kappa shape index (κ2) is 8.80. The van der Waals surface area contributed by atoms with Crippen molar-refractivity contribution in [3.8, 4) is 5.75 Å². The van der Waals surface area contributed by atoms with Crippen molar-refractivity contribution < 1.29 is 14.3 Å². The number of carbonyl (C=O) groups is 1. The van der Waals surface area contributed by atoms with Crippen LogP contribution >= 0.6 is 0 Å². The number of H-pyrrole nitrogens is 1. The van der Waals surface area contributed by atoms with Crippen LogP contribution < -0.4 is 10.1 Å². The molecule has 1 aromatic heterocycles. The summed E-state index contributed by atoms with van der Waals surface area (Å²) in [6.07, 6.45) is 0.826. The number of para-hydroxylation sites is 2. The highest BCUT2D eigenvalue weighted by Crippen LogP contribution is 2.27. The molecule has 148 valence electrons. The van der Waals surface area contributed by atoms with Crippen molar-refractivity contribution in [2.75, 3.05) is 20.3 Å². The number of ether oxygens (including phenoxy) is 2. The molecule has 3 aromatic carbocycles. The fraction of sp³-hybridized carbons (Fsp3) is 0.208. The van der Waals surface area contributed by atoms with Crippen molar-refractivity contribution in [3.05, 3.63) is 77.9 Å². The van der Waals surface area contributed by atoms with Gasteiger partial charge >= 0.3 is 5.97 Å². The summed E-state index contributed by atoms with van der Waals surface area (Å²) in [6, 6.07) is 22.7. The Kier molecular flexibility index (Phi) is 5.77. The third-order valence-electron chi connectivity index (χ3n) is 5.02. The molecule has 1 heterocycles. The molecule has 4 aromatic rings. The van der Waals surface area contributed by atoms with Crippen molar-refractivity contribution in [1.29, 1.82) is 0 Å². The molecule has 0 bridgehead atoms. The Morgan fingerprint density at radius 1 is 0.966 bits per heavy atom. The summed E-state index contributed by atoms with van der Waals surface area (Å²) in [5.41, 5.74) is 4.68. The maximum Gasteiger partial charge on any atom is 0.319 e. The fourth-order valence-electron chi connectivity index (χ4n) is 3.51. The molecule has 0 spiro atoms. The van der Waals surface area contributed by atoms with E-state index in [-0.39, 0.29) is 12.5 Å². The third kappa shape index (κ3) is 4.41. The van der Waals surface area contributed by atoms with Crippen molar-refractivity contribution in [2.45, 2.75) is 13.0 Å². The number of nitrogens with one attached hydrogen (secondary N) is 2. The van der Waals surface area contributed by atoms with Gasteiger partial charge in [0.1, 0.15) is 5.75 Å². The van der Waals surface area contributed by atoms with E-state index >= 15 is 0 Å². The Labute approximate surface area is 169 Å². The Morgan fingerprint density at radius 2 is 1.76 bits per heavy atom. The van der Waals surface area contributed by atoms with Crippen LogP contribution in [0.25, 0.3) is 21.8 Å². The SMILES string of the molecule is COC(=O)CNCc1ccc(OCCc2cccc3c2[nH]c2ccccc23)cc1. The highest BCUT2D eigenvalue weighted by Gasteiger charge is 2.07. The number of hydrogen-bond donors (Lipinski definition) is 2. The summed E-state index contributed by atoms with van der Waals surface area (Å²) < 4.78 is 10.5. The van der Waals surface area contributed by atoms with Gasteiger partial charge in [0.2, 0.25) is 0 Å². The first-order valence-electron chi connectivity index (χ1n) is 9.72. The van der Waals surface area contributed by atoms with Gasteiger partial charge in [-0.2, -0.15) is 0 Å². The lowest BCUT2D eigenvalue weighted by Gasteiger charge is -2.09. The van der Waals surface area contributed by atoms with Gasteiger partial charge in [0.05, 0.1) is 20.3 Å². The maximum absolute atomic E-state index is 11.1. The molecule has 0 aliphatic heterocycles. The molecule has 0 aliphatic carbocycles. The minimum atomic E-state index is -0.269. The van der Waals surface area contributed by atoms with E-state index in [0.29, 0.717) is 13.2 Å². The number of fused-ring (bicyclic) bond motifs is 3. The number of hydrogen-bond acceptors (Lipinski definition) is 4. The summed E-state index contributed by atoms with van der Waals surface area (Å²) in [5, 5.41) is 5.55. The second-order valence-corrected chi connectivity index (χ2v) is 6.93. The van der Waals surface area contributed by atoms with Gasteiger partial charge in [-0.25, -0.2) is 0 Å². The number of esters is 1. The van der Waals surface area contributed by atoms with Crippen LogP contribution in [0, 0.1) is 0 Å². The first kappa shape index (κ1) is 19.0. The second-order valence-electron chi connectivity index (χ2n) is 6.93. The molecule has 0 saturated carbocycles. The Balaban J connectivity index is 1.35. The molecule has 0 saturated heterocycles. The highest BCUT2D eigenvalue weighted by atomic mass is 16.5. The average Bonchev–Trinajstić information content (AvgIpc) is 3.14. The van der Waals surface area contributed by atoms with E-state index in [1.807, 2.05) is 24.3 Å². The third-order valence-corrected chi connectivity index (χ3v) is 5.02. The van der Waals surface area contributed by atoms with Crippen LogP contribution in [0.2, 0.25) is 0 Å². The normalized spacial score (nSPS) is 11.1. The average molecular weight is 388 g/mol. The molecule has 0 unspecified atom stereocenters. The van der Waals surface area contributed by atoms with Gasteiger partial charge in [-0.1, -0.05) is 48.5 Å². The fourth-order valence-corrected chi connectivity index (χ4v) is 3.51. The number of rotatable bonds is 8. The van der Waals surface area contributed by atoms with Crippen LogP contribution in [0.4, 0.5) is 0 Å². The zero-order chi connectivity index (χ0) is 20.1. The maximum atomic E-state index is 11.1. The molecule has 0 atom stereocenters. The molecule has 0 fully saturated rings. The van der Waals surface area contributed by atoms with Crippen LogP contribution in [0.1, 0.15) is 11.1 Å². The first-order chi connectivity index (χ1) is 14.2. The topological polar surface area (TPSA) is 63.4 Å². The lowest BCUT2D eigenvalue weighted by atomic mass is 10.1. The molecule has 5 heteroatoms. The Hall–Kier alpha value is -3.31. The van der Waals surface area contributed by atoms with Gasteiger partial charge in [0.25, 0.3) is 0 Å². The smallest absolute Gasteiger partial charge is 0.319 e. The van der Waals surface area contributed by atoms with Gasteiger partial charge in [-0.15, -0.1) is 0 Å². The van der Waals surface area contributed by atoms with E-state index in [4.69, 9.17) is 4.74 Å². The van der Waals surface area contributed by atoms with Gasteiger partial charge < -0.3 is 19.8 Å². The Bertz CT molecular complexity index is 1120. The first-order valence-corrected chi connectivity index (χ1v) is 9.72. The van der Waals surface area contributed by atoms with Crippen molar-refractivity contribution in [3.63, 3.8) is 0 Å². The van der Waals surface area contributed by atoms with Gasteiger partial charge in [0.15, 0.2) is 0 Å². The van der Waals surface area contributed by atoms with E-state index in [2.05, 4.69) is 57.5 Å². The van der Waals surface area contributed by atoms with E-state index in [1.165, 1.54) is 29.0 Å². The number of benzene rings is 3. The molecular weight excluding hydrogens is 364 g/mol. The van der Waals surface area contributed by atoms with Crippen LogP contribution in [-0.2, 0) is 22.5 Å². The molecule has 5 nitrogen and oxygen atoms in total. The molecule has 2 N–H and O–H groups in total. The predicted molar refractivity (Wildman–Crippen MR) is 115 cm³/mol. The largest absolute Gasteiger partial charge is 0.493 e. The number of aromatic amines is 1. The monoisotopic (exact) mass is 388 g/mol. The number of aromatic nitrogens is 1. The summed E-state index contributed by atoms with van der Waals surface area (Å²) >= 11 is 0. The zero-order valence-electron chi connectivity index (χ0n) is 16.4. The minimum absolute atomic E-state index is 0.202. The summed E-state index contributed by atoms with van der Waals surface area (Å²) in [4.78, 5) is 14.7. The van der Waals surface area contributed by atoms with E-state index in [0.717, 1.165) is 23.3 Å². The van der Waals surface area contributed by atoms with Crippen molar-refractivity contribution in [2.24, 2.45) is 0 Å². The van der Waals surface area contributed by atoms with Crippen molar-refractivity contribution in [1.82, 2.24) is 10.3 Å². The highest BCUT2D eigenvalue weighted by molar-refractivity contribution is 6.08. The predicted octanol–water partition coefficient (Wildman–Crippen LogP) is 4.21. The van der Waals surface area contributed by atoms with Crippen LogP contribution in [0.15, 0.2) is 66.7 Å². The van der Waals surface area contributed by atoms with E-state index < -0.39 is 0 Å². The number of carbonyl (C=O) groups excluding carboxylic acids is 1. The molecule has 0 radical (unpaired) electrons. The van der Waals surface area contributed by atoms with Crippen molar-refractivity contribution >= 4 is 27.8 Å². The molecule has 29 heavy (non-hydrogen) atoms. The quantitative estimate of drug-likeness (QED) is 0.444. The van der Waals surface area contributed by atoms with E-state index in [9.17, 15) is 4.79 Å². The standard InChI is InChI=1S/C24H24N2O3/c1-28-23(27)16-25-15-17-9-11-19(12-10-17)29-14-13-18-5-4-7-21-20-6-2-3-8-22(20)26-24(18)21/h2-12,25-26H,13-16H2,1H3. The number of methoxy groups -OCH3 is 1. The van der Waals surface area contributed by atoms with E-state index in [1.54, 1.807) is 0 Å². The lowest BCUT2D eigenvalue weighted by Crippen LogP contribution is -2.23. The van der Waals surface area contributed by atoms with Crippen LogP contribution in [-0.4, -0.2) is 31.2 Å². The molecular formula is C24H24N2O3. The van der Waals surface area contributed by atoms with Gasteiger partial charge in [0, 0.05) is 34.8 Å². The molecule has 4 rings (SSSR count). The summed E-state index contributed by atoms with van der Waals surface area (Å²) in [7, 11) is 1.38.